The lowest BCUT2D eigenvalue weighted by Crippen LogP contribution is -2.42. The van der Waals surface area contributed by atoms with Gasteiger partial charge in [0.1, 0.15) is 11.8 Å². The maximum atomic E-state index is 12.5. The van der Waals surface area contributed by atoms with Crippen molar-refractivity contribution in [2.45, 2.75) is 25.8 Å². The zero-order valence-electron chi connectivity index (χ0n) is 14.1. The number of hydrogen-bond donors (Lipinski definition) is 2. The fraction of sp³-hybridized carbons (Fsp3) is 0.300. The first-order valence-corrected chi connectivity index (χ1v) is 8.46. The molecule has 2 N–H and O–H groups in total. The molecule has 0 aromatic heterocycles. The van der Waals surface area contributed by atoms with E-state index in [0.717, 1.165) is 29.7 Å². The number of aliphatic carboxylic acids is 1. The van der Waals surface area contributed by atoms with Crippen molar-refractivity contribution < 1.29 is 19.4 Å². The van der Waals surface area contributed by atoms with Gasteiger partial charge in [-0.3, -0.25) is 4.79 Å². The van der Waals surface area contributed by atoms with Crippen LogP contribution in [0, 0.1) is 5.92 Å². The minimum atomic E-state index is -0.978. The molecular weight excluding hydrogens is 318 g/mol. The number of hydrogen-bond acceptors (Lipinski definition) is 3. The fourth-order valence-electron chi connectivity index (χ4n) is 2.85. The van der Waals surface area contributed by atoms with Gasteiger partial charge in [0.15, 0.2) is 0 Å². The van der Waals surface area contributed by atoms with E-state index in [-0.39, 0.29) is 11.8 Å². The van der Waals surface area contributed by atoms with Crippen LogP contribution in [0.15, 0.2) is 48.5 Å². The summed E-state index contributed by atoms with van der Waals surface area (Å²) in [4.78, 5) is 23.8. The highest BCUT2D eigenvalue weighted by Crippen LogP contribution is 2.33. The molecule has 1 atom stereocenters. The highest BCUT2D eigenvalue weighted by atomic mass is 16.5. The first-order chi connectivity index (χ1) is 12.1. The largest absolute Gasteiger partial charge is 0.493 e. The van der Waals surface area contributed by atoms with Crippen molar-refractivity contribution in [2.24, 2.45) is 5.92 Å². The van der Waals surface area contributed by atoms with E-state index in [4.69, 9.17) is 4.74 Å². The van der Waals surface area contributed by atoms with Gasteiger partial charge in [-0.1, -0.05) is 30.3 Å². The maximum absolute atomic E-state index is 12.5. The van der Waals surface area contributed by atoms with Crippen molar-refractivity contribution in [1.29, 1.82) is 0 Å². The van der Waals surface area contributed by atoms with Crippen LogP contribution in [-0.4, -0.2) is 29.6 Å². The average molecular weight is 339 g/mol. The lowest BCUT2D eigenvalue weighted by molar-refractivity contribution is -0.139. The first-order valence-electron chi connectivity index (χ1n) is 8.46. The summed E-state index contributed by atoms with van der Waals surface area (Å²) in [6, 6.07) is 14.0. The van der Waals surface area contributed by atoms with Gasteiger partial charge < -0.3 is 15.2 Å². The second-order valence-corrected chi connectivity index (χ2v) is 6.14. The van der Waals surface area contributed by atoms with Crippen LogP contribution in [0.3, 0.4) is 0 Å². The van der Waals surface area contributed by atoms with Crippen LogP contribution in [0.5, 0.6) is 5.75 Å². The normalized spacial score (nSPS) is 14.6. The van der Waals surface area contributed by atoms with Crippen LogP contribution in [0.1, 0.15) is 30.1 Å². The van der Waals surface area contributed by atoms with Crippen LogP contribution >= 0.6 is 0 Å². The molecule has 0 bridgehead atoms. The maximum Gasteiger partial charge on any atom is 0.326 e. The monoisotopic (exact) mass is 339 g/mol. The second kappa shape index (κ2) is 7.38. The standard InChI is InChI=1S/C20H21NO4/c1-2-25-17-9-4-3-8-16(17)14-6-5-7-15(12-14)19(22)21-18(20(23)24)13-10-11-13/h3-9,12-13,18H,2,10-11H2,1H3,(H,21,22)(H,23,24). The van der Waals surface area contributed by atoms with Crippen LogP contribution in [0.4, 0.5) is 0 Å². The SMILES string of the molecule is CCOc1ccccc1-c1cccc(C(=O)NC(C(=O)O)C2CC2)c1. The van der Waals surface area contributed by atoms with Gasteiger partial charge >= 0.3 is 5.97 Å². The highest BCUT2D eigenvalue weighted by Gasteiger charge is 2.37. The predicted octanol–water partition coefficient (Wildman–Crippen LogP) is 3.35. The number of carboxylic acid groups (broad SMARTS) is 1. The van der Waals surface area contributed by atoms with Crippen LogP contribution in [-0.2, 0) is 4.79 Å². The molecule has 0 aliphatic heterocycles. The Balaban J connectivity index is 1.84. The third kappa shape index (κ3) is 3.99. The number of amides is 1. The van der Waals surface area contributed by atoms with Gasteiger partial charge in [0.25, 0.3) is 5.91 Å². The Morgan fingerprint density at radius 2 is 1.96 bits per heavy atom. The molecule has 0 heterocycles. The molecular formula is C20H21NO4. The molecule has 0 saturated heterocycles. The number of carboxylic acids is 1. The first kappa shape index (κ1) is 17.0. The summed E-state index contributed by atoms with van der Waals surface area (Å²) in [5, 5.41) is 11.9. The summed E-state index contributed by atoms with van der Waals surface area (Å²) >= 11 is 0. The number of carbonyl (C=O) groups excluding carboxylic acids is 1. The number of rotatable bonds is 7. The van der Waals surface area contributed by atoms with E-state index >= 15 is 0 Å². The van der Waals surface area contributed by atoms with Crippen LogP contribution < -0.4 is 10.1 Å². The molecule has 5 nitrogen and oxygen atoms in total. The Morgan fingerprint density at radius 3 is 2.64 bits per heavy atom. The van der Waals surface area contributed by atoms with Crippen LogP contribution in [0.25, 0.3) is 11.1 Å². The van der Waals surface area contributed by atoms with Gasteiger partial charge in [-0.25, -0.2) is 4.79 Å². The number of para-hydroxylation sites is 1. The Kier molecular flexibility index (Phi) is 5.03. The lowest BCUT2D eigenvalue weighted by Gasteiger charge is -2.14. The Morgan fingerprint density at radius 1 is 1.20 bits per heavy atom. The topological polar surface area (TPSA) is 75.6 Å². The minimum absolute atomic E-state index is 0.0447. The van der Waals surface area contributed by atoms with E-state index in [1.165, 1.54) is 0 Å². The smallest absolute Gasteiger partial charge is 0.326 e. The van der Waals surface area contributed by atoms with Gasteiger partial charge in [0.05, 0.1) is 6.61 Å². The Labute approximate surface area is 146 Å². The molecule has 130 valence electrons. The van der Waals surface area contributed by atoms with Crippen molar-refractivity contribution in [2.75, 3.05) is 6.61 Å². The quantitative estimate of drug-likeness (QED) is 0.811. The Hall–Kier alpha value is -2.82. The lowest BCUT2D eigenvalue weighted by atomic mass is 10.0. The molecule has 1 fully saturated rings. The Bertz CT molecular complexity index is 783. The van der Waals surface area contributed by atoms with Gasteiger partial charge in [-0.2, -0.15) is 0 Å². The van der Waals surface area contributed by atoms with Crippen molar-refractivity contribution in [3.05, 3.63) is 54.1 Å². The zero-order valence-corrected chi connectivity index (χ0v) is 14.1. The molecule has 1 aliphatic rings. The van der Waals surface area contributed by atoms with Crippen molar-refractivity contribution in [3.8, 4) is 16.9 Å². The minimum Gasteiger partial charge on any atom is -0.493 e. The molecule has 2 aromatic rings. The molecule has 1 unspecified atom stereocenters. The summed E-state index contributed by atoms with van der Waals surface area (Å²) in [7, 11) is 0. The molecule has 25 heavy (non-hydrogen) atoms. The average Bonchev–Trinajstić information content (AvgIpc) is 3.45. The van der Waals surface area contributed by atoms with Crippen molar-refractivity contribution in [1.82, 2.24) is 5.32 Å². The molecule has 5 heteroatoms. The predicted molar refractivity (Wildman–Crippen MR) is 94.7 cm³/mol. The highest BCUT2D eigenvalue weighted by molar-refractivity contribution is 5.98. The molecule has 2 aromatic carbocycles. The van der Waals surface area contributed by atoms with Crippen molar-refractivity contribution in [3.63, 3.8) is 0 Å². The van der Waals surface area contributed by atoms with E-state index in [1.807, 2.05) is 37.3 Å². The number of ether oxygens (including phenoxy) is 1. The van der Waals surface area contributed by atoms with Crippen molar-refractivity contribution >= 4 is 11.9 Å². The van der Waals surface area contributed by atoms with Crippen LogP contribution in [0.2, 0.25) is 0 Å². The van der Waals surface area contributed by atoms with Gasteiger partial charge in [0, 0.05) is 11.1 Å². The molecule has 0 spiro atoms. The second-order valence-electron chi connectivity index (χ2n) is 6.14. The number of benzene rings is 2. The van der Waals surface area contributed by atoms with Gasteiger partial charge in [-0.15, -0.1) is 0 Å². The zero-order chi connectivity index (χ0) is 17.8. The molecule has 0 radical (unpaired) electrons. The van der Waals surface area contributed by atoms with Gasteiger partial charge in [0.2, 0.25) is 0 Å². The third-order valence-corrected chi connectivity index (χ3v) is 4.27. The number of nitrogens with one attached hydrogen (secondary N) is 1. The third-order valence-electron chi connectivity index (χ3n) is 4.27. The molecule has 1 aliphatic carbocycles. The van der Waals surface area contributed by atoms with E-state index in [0.29, 0.717) is 12.2 Å². The summed E-state index contributed by atoms with van der Waals surface area (Å²) in [5.74, 6) is -0.545. The van der Waals surface area contributed by atoms with E-state index in [2.05, 4.69) is 5.32 Å². The van der Waals surface area contributed by atoms with E-state index in [9.17, 15) is 14.7 Å². The molecule has 1 amide bonds. The summed E-state index contributed by atoms with van der Waals surface area (Å²) in [6.45, 7) is 2.48. The van der Waals surface area contributed by atoms with E-state index in [1.54, 1.807) is 18.2 Å². The molecule has 3 rings (SSSR count). The fourth-order valence-corrected chi connectivity index (χ4v) is 2.85. The number of carbonyl (C=O) groups is 2. The summed E-state index contributed by atoms with van der Waals surface area (Å²) in [5.41, 5.74) is 2.20. The summed E-state index contributed by atoms with van der Waals surface area (Å²) in [6.07, 6.45) is 1.69. The molecule has 1 saturated carbocycles. The van der Waals surface area contributed by atoms with E-state index < -0.39 is 12.0 Å². The summed E-state index contributed by atoms with van der Waals surface area (Å²) < 4.78 is 5.65. The van der Waals surface area contributed by atoms with Gasteiger partial charge in [-0.05, 0) is 49.4 Å².